The maximum atomic E-state index is 6.43. The van der Waals surface area contributed by atoms with E-state index in [0.29, 0.717) is 0 Å². The van der Waals surface area contributed by atoms with Gasteiger partial charge in [0.2, 0.25) is 0 Å². The van der Waals surface area contributed by atoms with Crippen LogP contribution in [0.25, 0.3) is 66.1 Å². The second-order valence-electron chi connectivity index (χ2n) is 12.0. The molecule has 0 saturated carbocycles. The Hall–Kier alpha value is -4.32. The Labute approximate surface area is 238 Å². The Balaban J connectivity index is 1.33. The zero-order valence-electron chi connectivity index (χ0n) is 23.5. The zero-order valence-corrected chi connectivity index (χ0v) is 23.5. The van der Waals surface area contributed by atoms with E-state index in [0.717, 1.165) is 71.6 Å². The summed E-state index contributed by atoms with van der Waals surface area (Å²) in [6.07, 6.45) is 0. The molecule has 0 atom stereocenters. The lowest BCUT2D eigenvalue weighted by Gasteiger charge is -2.32. The molecule has 5 aromatic carbocycles. The maximum absolute atomic E-state index is 6.43. The van der Waals surface area contributed by atoms with Gasteiger partial charge >= 0.3 is 7.12 Å². The number of benzene rings is 5. The lowest BCUT2D eigenvalue weighted by molar-refractivity contribution is 0.00578. The molecule has 0 spiro atoms. The molecule has 1 aliphatic rings. The fraction of sp³-hybridized carbons (Fsp3) is 0.167. The number of hydrogen-bond donors (Lipinski definition) is 0. The molecule has 8 rings (SSSR count). The normalized spacial score (nSPS) is 16.4. The number of para-hydroxylation sites is 1. The van der Waals surface area contributed by atoms with Gasteiger partial charge in [-0.2, -0.15) is 0 Å². The van der Waals surface area contributed by atoms with Crippen molar-refractivity contribution in [3.63, 3.8) is 0 Å². The summed E-state index contributed by atoms with van der Waals surface area (Å²) in [4.78, 5) is 0. The third-order valence-corrected chi connectivity index (χ3v) is 8.92. The summed E-state index contributed by atoms with van der Waals surface area (Å²) in [6, 6.07) is 35.8. The van der Waals surface area contributed by atoms with Crippen LogP contribution in [-0.2, 0) is 9.31 Å². The lowest BCUT2D eigenvalue weighted by atomic mass is 9.79. The van der Waals surface area contributed by atoms with Crippen LogP contribution in [0.5, 0.6) is 0 Å². The van der Waals surface area contributed by atoms with Crippen LogP contribution in [0.3, 0.4) is 0 Å². The molecule has 2 aromatic heterocycles. The van der Waals surface area contributed by atoms with Crippen molar-refractivity contribution in [3.8, 4) is 22.3 Å². The van der Waals surface area contributed by atoms with Gasteiger partial charge in [-0.15, -0.1) is 0 Å². The largest absolute Gasteiger partial charge is 0.494 e. The summed E-state index contributed by atoms with van der Waals surface area (Å²) < 4.78 is 25.5. The molecule has 3 heterocycles. The van der Waals surface area contributed by atoms with Gasteiger partial charge in [0.25, 0.3) is 0 Å². The van der Waals surface area contributed by atoms with Crippen LogP contribution in [0.4, 0.5) is 0 Å². The molecule has 0 aliphatic carbocycles. The van der Waals surface area contributed by atoms with E-state index in [-0.39, 0.29) is 0 Å². The minimum atomic E-state index is -0.444. The molecule has 41 heavy (non-hydrogen) atoms. The van der Waals surface area contributed by atoms with E-state index in [9.17, 15) is 0 Å². The lowest BCUT2D eigenvalue weighted by Crippen LogP contribution is -2.41. The SMILES string of the molecule is CC1(C)OB(c2ccc3c(c2)oc2cccc(-c4cc(-c5ccccc5)c5c(c4)oc4ccccc45)c23)OC1(C)C. The molecule has 0 radical (unpaired) electrons. The Bertz CT molecular complexity index is 2100. The third-order valence-electron chi connectivity index (χ3n) is 8.92. The fourth-order valence-electron chi connectivity index (χ4n) is 6.06. The van der Waals surface area contributed by atoms with Crippen LogP contribution in [0.15, 0.2) is 112 Å². The maximum Gasteiger partial charge on any atom is 0.494 e. The first kappa shape index (κ1) is 24.5. The summed E-state index contributed by atoms with van der Waals surface area (Å²) in [5, 5.41) is 4.39. The summed E-state index contributed by atoms with van der Waals surface area (Å²) in [5.41, 5.74) is 8.04. The standard InChI is InChI=1S/C36H29BO4/c1-35(2)36(3,4)41-37(40-35)24-17-18-27-31(21-24)39-30-16-10-14-25(33(27)30)23-19-28(22-11-6-5-7-12-22)34-26-13-8-9-15-29(26)38-32(34)20-23/h5-21H,1-4H3. The monoisotopic (exact) mass is 536 g/mol. The topological polar surface area (TPSA) is 44.7 Å². The predicted octanol–water partition coefficient (Wildman–Crippen LogP) is 9.12. The number of rotatable bonds is 3. The van der Waals surface area contributed by atoms with Gasteiger partial charge < -0.3 is 18.1 Å². The van der Waals surface area contributed by atoms with Crippen molar-refractivity contribution in [2.24, 2.45) is 0 Å². The summed E-state index contributed by atoms with van der Waals surface area (Å²) in [7, 11) is -0.444. The molecular formula is C36H29BO4. The first-order valence-corrected chi connectivity index (χ1v) is 14.1. The Morgan fingerprint density at radius 3 is 1.95 bits per heavy atom. The molecule has 5 heteroatoms. The van der Waals surface area contributed by atoms with Crippen molar-refractivity contribution in [1.82, 2.24) is 0 Å². The van der Waals surface area contributed by atoms with E-state index in [4.69, 9.17) is 18.1 Å². The summed E-state index contributed by atoms with van der Waals surface area (Å²) >= 11 is 0. The third kappa shape index (κ3) is 3.69. The molecule has 0 N–H and O–H groups in total. The van der Waals surface area contributed by atoms with Gasteiger partial charge in [-0.05, 0) is 85.7 Å². The van der Waals surface area contributed by atoms with E-state index in [2.05, 4.69) is 107 Å². The highest BCUT2D eigenvalue weighted by Crippen LogP contribution is 2.43. The van der Waals surface area contributed by atoms with Gasteiger partial charge in [-0.25, -0.2) is 0 Å². The van der Waals surface area contributed by atoms with Crippen LogP contribution >= 0.6 is 0 Å². The number of fused-ring (bicyclic) bond motifs is 6. The number of hydrogen-bond acceptors (Lipinski definition) is 4. The van der Waals surface area contributed by atoms with Crippen molar-refractivity contribution in [3.05, 3.63) is 103 Å². The first-order chi connectivity index (χ1) is 19.8. The zero-order chi connectivity index (χ0) is 27.9. The Morgan fingerprint density at radius 1 is 0.488 bits per heavy atom. The summed E-state index contributed by atoms with van der Waals surface area (Å²) in [5.74, 6) is 0. The van der Waals surface area contributed by atoms with Gasteiger partial charge in [0.1, 0.15) is 22.3 Å². The van der Waals surface area contributed by atoms with Gasteiger partial charge in [0, 0.05) is 21.5 Å². The smallest absolute Gasteiger partial charge is 0.456 e. The highest BCUT2D eigenvalue weighted by molar-refractivity contribution is 6.62. The van der Waals surface area contributed by atoms with Gasteiger partial charge in [0.05, 0.1) is 11.2 Å². The Kier molecular flexibility index (Phi) is 5.13. The molecule has 1 saturated heterocycles. The molecule has 4 nitrogen and oxygen atoms in total. The van der Waals surface area contributed by atoms with Crippen molar-refractivity contribution >= 4 is 56.5 Å². The highest BCUT2D eigenvalue weighted by Gasteiger charge is 2.51. The van der Waals surface area contributed by atoms with E-state index >= 15 is 0 Å². The van der Waals surface area contributed by atoms with E-state index in [1.165, 1.54) is 0 Å². The molecule has 1 fully saturated rings. The average Bonchev–Trinajstić information content (AvgIpc) is 3.60. The van der Waals surface area contributed by atoms with Crippen LogP contribution in [0.1, 0.15) is 27.7 Å². The number of furan rings is 2. The van der Waals surface area contributed by atoms with Crippen molar-refractivity contribution in [2.75, 3.05) is 0 Å². The van der Waals surface area contributed by atoms with E-state index in [1.807, 2.05) is 24.3 Å². The molecule has 7 aromatic rings. The quantitative estimate of drug-likeness (QED) is 0.211. The molecule has 0 unspecified atom stereocenters. The Morgan fingerprint density at radius 2 is 1.15 bits per heavy atom. The van der Waals surface area contributed by atoms with Crippen molar-refractivity contribution in [2.45, 2.75) is 38.9 Å². The first-order valence-electron chi connectivity index (χ1n) is 14.1. The van der Waals surface area contributed by atoms with Crippen LogP contribution in [-0.4, -0.2) is 18.3 Å². The minimum absolute atomic E-state index is 0.403. The molecule has 0 amide bonds. The van der Waals surface area contributed by atoms with Crippen LogP contribution < -0.4 is 5.46 Å². The second-order valence-corrected chi connectivity index (χ2v) is 12.0. The highest BCUT2D eigenvalue weighted by atomic mass is 16.7. The molecule has 200 valence electrons. The average molecular weight is 536 g/mol. The predicted molar refractivity (Wildman–Crippen MR) is 168 cm³/mol. The minimum Gasteiger partial charge on any atom is -0.456 e. The van der Waals surface area contributed by atoms with E-state index in [1.54, 1.807) is 0 Å². The van der Waals surface area contributed by atoms with Gasteiger partial charge in [-0.1, -0.05) is 72.8 Å². The summed E-state index contributed by atoms with van der Waals surface area (Å²) in [6.45, 7) is 8.28. The molecule has 0 bridgehead atoms. The second kappa shape index (κ2) is 8.59. The molecule has 1 aliphatic heterocycles. The van der Waals surface area contributed by atoms with Gasteiger partial charge in [-0.3, -0.25) is 0 Å². The van der Waals surface area contributed by atoms with E-state index < -0.39 is 18.3 Å². The van der Waals surface area contributed by atoms with Crippen LogP contribution in [0, 0.1) is 0 Å². The van der Waals surface area contributed by atoms with Crippen LogP contribution in [0.2, 0.25) is 0 Å². The van der Waals surface area contributed by atoms with Crippen molar-refractivity contribution < 1.29 is 18.1 Å². The molecular weight excluding hydrogens is 507 g/mol. The van der Waals surface area contributed by atoms with Crippen molar-refractivity contribution in [1.29, 1.82) is 0 Å². The fourth-order valence-corrected chi connectivity index (χ4v) is 6.06. The van der Waals surface area contributed by atoms with Gasteiger partial charge in [0.15, 0.2) is 0 Å².